The van der Waals surface area contributed by atoms with Crippen LogP contribution in [-0.4, -0.2) is 23.5 Å². The van der Waals surface area contributed by atoms with Crippen LogP contribution in [-0.2, 0) is 0 Å². The molecule has 1 rings (SSSR count). The fraction of sp³-hybridized carbons (Fsp3) is 1.00. The van der Waals surface area contributed by atoms with Crippen molar-refractivity contribution in [3.63, 3.8) is 0 Å². The summed E-state index contributed by atoms with van der Waals surface area (Å²) < 4.78 is 0. The molecule has 1 unspecified atom stereocenters. The normalized spacial score (nSPS) is 26.8. The summed E-state index contributed by atoms with van der Waals surface area (Å²) in [6, 6.07) is 1.51. The lowest BCUT2D eigenvalue weighted by molar-refractivity contribution is 0.0389. The van der Waals surface area contributed by atoms with Gasteiger partial charge in [0.05, 0.1) is 0 Å². The third-order valence-corrected chi connectivity index (χ3v) is 3.21. The molecule has 0 amide bonds. The van der Waals surface area contributed by atoms with Crippen molar-refractivity contribution in [2.75, 3.05) is 6.54 Å². The number of rotatable bonds is 1. The van der Waals surface area contributed by atoms with Gasteiger partial charge in [-0.05, 0) is 38.6 Å². The lowest BCUT2D eigenvalue weighted by atomic mass is 9.80. The Morgan fingerprint density at radius 3 is 2.15 bits per heavy atom. The van der Waals surface area contributed by atoms with E-state index in [1.165, 1.54) is 25.8 Å². The van der Waals surface area contributed by atoms with Gasteiger partial charge < -0.3 is 0 Å². The molecule has 1 nitrogen and oxygen atoms in total. The van der Waals surface area contributed by atoms with E-state index >= 15 is 0 Å². The molecule has 78 valence electrons. The van der Waals surface area contributed by atoms with Crippen LogP contribution in [0, 0.1) is 5.41 Å². The van der Waals surface area contributed by atoms with E-state index in [1.54, 1.807) is 0 Å². The average molecular weight is 183 g/mol. The van der Waals surface area contributed by atoms with E-state index in [1.807, 2.05) is 0 Å². The zero-order valence-corrected chi connectivity index (χ0v) is 9.93. The van der Waals surface area contributed by atoms with Gasteiger partial charge in [-0.15, -0.1) is 0 Å². The van der Waals surface area contributed by atoms with Crippen molar-refractivity contribution in [2.45, 2.75) is 66.0 Å². The third-order valence-electron chi connectivity index (χ3n) is 3.21. The standard InChI is InChI=1S/C12H25N/c1-10(2)13-9-7-6-8-11(13)12(3,4)5/h10-11H,6-9H2,1-5H3. The molecule has 0 radical (unpaired) electrons. The molecular formula is C12H25N. The molecule has 0 saturated carbocycles. The first-order chi connectivity index (χ1) is 5.93. The van der Waals surface area contributed by atoms with Crippen LogP contribution in [0.4, 0.5) is 0 Å². The monoisotopic (exact) mass is 183 g/mol. The molecule has 1 heterocycles. The Morgan fingerprint density at radius 2 is 1.77 bits per heavy atom. The maximum atomic E-state index is 2.68. The van der Waals surface area contributed by atoms with Gasteiger partial charge in [0.2, 0.25) is 0 Å². The smallest absolute Gasteiger partial charge is 0.0146 e. The molecule has 13 heavy (non-hydrogen) atoms. The van der Waals surface area contributed by atoms with Crippen LogP contribution in [0.5, 0.6) is 0 Å². The molecule has 0 spiro atoms. The number of hydrogen-bond acceptors (Lipinski definition) is 1. The Labute approximate surface area is 83.5 Å². The van der Waals surface area contributed by atoms with Crippen molar-refractivity contribution in [2.24, 2.45) is 5.41 Å². The predicted molar refractivity (Wildman–Crippen MR) is 58.9 cm³/mol. The highest BCUT2D eigenvalue weighted by Gasteiger charge is 2.33. The van der Waals surface area contributed by atoms with Gasteiger partial charge in [-0.25, -0.2) is 0 Å². The summed E-state index contributed by atoms with van der Waals surface area (Å²) in [5, 5.41) is 0. The van der Waals surface area contributed by atoms with Gasteiger partial charge in [-0.2, -0.15) is 0 Å². The molecule has 0 aliphatic carbocycles. The summed E-state index contributed by atoms with van der Waals surface area (Å²) in [5.41, 5.74) is 0.449. The molecule has 0 aromatic carbocycles. The third kappa shape index (κ3) is 2.70. The van der Waals surface area contributed by atoms with Gasteiger partial charge in [0.25, 0.3) is 0 Å². The zero-order valence-electron chi connectivity index (χ0n) is 9.93. The quantitative estimate of drug-likeness (QED) is 0.603. The molecule has 0 aromatic heterocycles. The van der Waals surface area contributed by atoms with E-state index in [2.05, 4.69) is 39.5 Å². The van der Waals surface area contributed by atoms with Crippen molar-refractivity contribution >= 4 is 0 Å². The van der Waals surface area contributed by atoms with E-state index in [0.717, 1.165) is 6.04 Å². The molecule has 1 aliphatic rings. The number of hydrogen-bond donors (Lipinski definition) is 0. The Balaban J connectivity index is 2.67. The van der Waals surface area contributed by atoms with E-state index in [0.29, 0.717) is 11.5 Å². The van der Waals surface area contributed by atoms with Crippen LogP contribution in [0.2, 0.25) is 0 Å². The molecule has 0 N–H and O–H groups in total. The van der Waals surface area contributed by atoms with Crippen LogP contribution in [0.1, 0.15) is 53.9 Å². The minimum absolute atomic E-state index is 0.449. The first-order valence-corrected chi connectivity index (χ1v) is 5.68. The summed E-state index contributed by atoms with van der Waals surface area (Å²) in [5.74, 6) is 0. The fourth-order valence-corrected chi connectivity index (χ4v) is 2.50. The molecule has 1 atom stereocenters. The fourth-order valence-electron chi connectivity index (χ4n) is 2.50. The van der Waals surface area contributed by atoms with Crippen molar-refractivity contribution in [3.8, 4) is 0 Å². The van der Waals surface area contributed by atoms with Gasteiger partial charge >= 0.3 is 0 Å². The van der Waals surface area contributed by atoms with Gasteiger partial charge in [-0.1, -0.05) is 27.2 Å². The van der Waals surface area contributed by atoms with E-state index in [9.17, 15) is 0 Å². The van der Waals surface area contributed by atoms with Crippen LogP contribution < -0.4 is 0 Å². The molecule has 1 heteroatoms. The van der Waals surface area contributed by atoms with Gasteiger partial charge in [0, 0.05) is 12.1 Å². The number of piperidine rings is 1. The van der Waals surface area contributed by atoms with Crippen molar-refractivity contribution in [1.82, 2.24) is 4.90 Å². The highest BCUT2D eigenvalue weighted by Crippen LogP contribution is 2.32. The maximum absolute atomic E-state index is 2.68. The van der Waals surface area contributed by atoms with Gasteiger partial charge in [0.15, 0.2) is 0 Å². The predicted octanol–water partition coefficient (Wildman–Crippen LogP) is 3.30. The van der Waals surface area contributed by atoms with Crippen LogP contribution >= 0.6 is 0 Å². The summed E-state index contributed by atoms with van der Waals surface area (Å²) in [7, 11) is 0. The van der Waals surface area contributed by atoms with E-state index in [-0.39, 0.29) is 0 Å². The first kappa shape index (κ1) is 11.0. The number of likely N-dealkylation sites (tertiary alicyclic amines) is 1. The molecule has 1 fully saturated rings. The summed E-state index contributed by atoms with van der Waals surface area (Å²) >= 11 is 0. The molecule has 1 aliphatic heterocycles. The maximum Gasteiger partial charge on any atom is 0.0146 e. The second-order valence-corrected chi connectivity index (χ2v) is 5.71. The van der Waals surface area contributed by atoms with E-state index < -0.39 is 0 Å². The van der Waals surface area contributed by atoms with Crippen molar-refractivity contribution in [1.29, 1.82) is 0 Å². The van der Waals surface area contributed by atoms with Crippen LogP contribution in [0.15, 0.2) is 0 Å². The van der Waals surface area contributed by atoms with E-state index in [4.69, 9.17) is 0 Å². The molecule has 1 saturated heterocycles. The van der Waals surface area contributed by atoms with Gasteiger partial charge in [-0.3, -0.25) is 4.90 Å². The van der Waals surface area contributed by atoms with Crippen LogP contribution in [0.25, 0.3) is 0 Å². The molecular weight excluding hydrogens is 158 g/mol. The van der Waals surface area contributed by atoms with Gasteiger partial charge in [0.1, 0.15) is 0 Å². The lowest BCUT2D eigenvalue weighted by Gasteiger charge is -2.45. The topological polar surface area (TPSA) is 3.24 Å². The summed E-state index contributed by atoms with van der Waals surface area (Å²) in [6.07, 6.45) is 4.21. The Morgan fingerprint density at radius 1 is 1.15 bits per heavy atom. The number of nitrogens with zero attached hydrogens (tertiary/aromatic N) is 1. The minimum Gasteiger partial charge on any atom is -0.297 e. The highest BCUT2D eigenvalue weighted by molar-refractivity contribution is 4.87. The SMILES string of the molecule is CC(C)N1CCCCC1C(C)(C)C. The Kier molecular flexibility index (Phi) is 3.39. The van der Waals surface area contributed by atoms with Crippen LogP contribution in [0.3, 0.4) is 0 Å². The average Bonchev–Trinajstić information content (AvgIpc) is 2.03. The lowest BCUT2D eigenvalue weighted by Crippen LogP contribution is -2.50. The molecule has 0 aromatic rings. The second kappa shape index (κ2) is 4.00. The minimum atomic E-state index is 0.449. The highest BCUT2D eigenvalue weighted by atomic mass is 15.2. The van der Waals surface area contributed by atoms with Crippen molar-refractivity contribution in [3.05, 3.63) is 0 Å². The summed E-state index contributed by atoms with van der Waals surface area (Å²) in [4.78, 5) is 2.68. The Bertz CT molecular complexity index is 155. The first-order valence-electron chi connectivity index (χ1n) is 5.68. The zero-order chi connectivity index (χ0) is 10.1. The second-order valence-electron chi connectivity index (χ2n) is 5.71. The molecule has 0 bridgehead atoms. The Hall–Kier alpha value is -0.0400. The largest absolute Gasteiger partial charge is 0.297 e. The summed E-state index contributed by atoms with van der Waals surface area (Å²) in [6.45, 7) is 13.1. The van der Waals surface area contributed by atoms with Crippen molar-refractivity contribution < 1.29 is 0 Å².